The largest absolute Gasteiger partial charge is 0.396 e. The molecule has 4 nitrogen and oxygen atoms in total. The molecule has 0 aliphatic heterocycles. The van der Waals surface area contributed by atoms with Crippen molar-refractivity contribution in [2.45, 2.75) is 11.8 Å². The predicted molar refractivity (Wildman–Crippen MR) is 77.8 cm³/mol. The summed E-state index contributed by atoms with van der Waals surface area (Å²) in [5, 5.41) is -0.0426. The molecule has 2 aromatic rings. The second kappa shape index (κ2) is 5.50. The van der Waals surface area contributed by atoms with E-state index in [-0.39, 0.29) is 10.7 Å². The summed E-state index contributed by atoms with van der Waals surface area (Å²) in [5.74, 6) is -1.92. The van der Waals surface area contributed by atoms with Gasteiger partial charge in [0.2, 0.25) is 0 Å². The number of hydrogen-bond donors (Lipinski definition) is 2. The second-order valence-electron chi connectivity index (χ2n) is 4.40. The summed E-state index contributed by atoms with van der Waals surface area (Å²) < 4.78 is 53.8. The lowest BCUT2D eigenvalue weighted by atomic mass is 10.2. The van der Waals surface area contributed by atoms with Gasteiger partial charge in [-0.1, -0.05) is 17.7 Å². The molecule has 0 atom stereocenters. The molecule has 112 valence electrons. The summed E-state index contributed by atoms with van der Waals surface area (Å²) in [6, 6.07) is 5.87. The van der Waals surface area contributed by atoms with Crippen LogP contribution in [0.15, 0.2) is 35.2 Å². The third-order valence-electron chi connectivity index (χ3n) is 2.69. The molecule has 0 heterocycles. The Morgan fingerprint density at radius 2 is 1.86 bits per heavy atom. The lowest BCUT2D eigenvalue weighted by molar-refractivity contribution is 0.572. The number of sulfonamides is 1. The van der Waals surface area contributed by atoms with Gasteiger partial charge in [0.05, 0.1) is 11.4 Å². The van der Waals surface area contributed by atoms with Crippen LogP contribution in [-0.2, 0) is 10.0 Å². The summed E-state index contributed by atoms with van der Waals surface area (Å²) in [6.07, 6.45) is 0. The number of anilines is 2. The van der Waals surface area contributed by atoms with Crippen LogP contribution < -0.4 is 10.5 Å². The van der Waals surface area contributed by atoms with Crippen molar-refractivity contribution >= 4 is 33.0 Å². The smallest absolute Gasteiger partial charge is 0.265 e. The van der Waals surface area contributed by atoms with E-state index in [1.165, 1.54) is 12.1 Å². The Morgan fingerprint density at radius 1 is 1.19 bits per heavy atom. The van der Waals surface area contributed by atoms with E-state index in [0.717, 1.165) is 18.2 Å². The Balaban J connectivity index is 2.51. The molecule has 0 radical (unpaired) electrons. The summed E-state index contributed by atoms with van der Waals surface area (Å²) in [4.78, 5) is -0.742. The predicted octanol–water partition coefficient (Wildman–Crippen LogP) is 3.31. The number of nitrogen functional groups attached to an aromatic ring is 1. The molecule has 0 unspecified atom stereocenters. The van der Waals surface area contributed by atoms with E-state index in [2.05, 4.69) is 0 Å². The van der Waals surface area contributed by atoms with Crippen molar-refractivity contribution in [2.75, 3.05) is 10.5 Å². The topological polar surface area (TPSA) is 72.2 Å². The molecule has 0 aromatic heterocycles. The first-order valence-corrected chi connectivity index (χ1v) is 7.60. The van der Waals surface area contributed by atoms with Crippen molar-refractivity contribution in [1.29, 1.82) is 0 Å². The summed E-state index contributed by atoms with van der Waals surface area (Å²) >= 11 is 5.67. The SMILES string of the molecule is Cc1ccc(F)c(NS(=O)(=O)c2cc(Cl)cc(N)c2F)c1. The van der Waals surface area contributed by atoms with Crippen molar-refractivity contribution in [3.63, 3.8) is 0 Å². The lowest BCUT2D eigenvalue weighted by Crippen LogP contribution is -2.16. The van der Waals surface area contributed by atoms with Crippen LogP contribution in [-0.4, -0.2) is 8.42 Å². The monoisotopic (exact) mass is 332 g/mol. The number of nitrogens with one attached hydrogen (secondary N) is 1. The second-order valence-corrected chi connectivity index (χ2v) is 6.48. The molecule has 0 fully saturated rings. The van der Waals surface area contributed by atoms with Crippen molar-refractivity contribution in [3.05, 3.63) is 52.6 Å². The summed E-state index contributed by atoms with van der Waals surface area (Å²) in [7, 11) is -4.36. The molecule has 0 aliphatic carbocycles. The minimum Gasteiger partial charge on any atom is -0.396 e. The zero-order valence-electron chi connectivity index (χ0n) is 10.8. The standard InChI is InChI=1S/C13H11ClF2N2O2S/c1-7-2-3-9(15)11(4-7)18-21(19,20)12-6-8(14)5-10(17)13(12)16/h2-6,18H,17H2,1H3. The quantitative estimate of drug-likeness (QED) is 0.847. The fourth-order valence-electron chi connectivity index (χ4n) is 1.70. The number of halogens is 3. The van der Waals surface area contributed by atoms with Crippen molar-refractivity contribution < 1.29 is 17.2 Å². The average molecular weight is 333 g/mol. The molecule has 0 bridgehead atoms. The van der Waals surface area contributed by atoms with Crippen LogP contribution in [0.1, 0.15) is 5.56 Å². The van der Waals surface area contributed by atoms with Crippen LogP contribution in [0.25, 0.3) is 0 Å². The first-order chi connectivity index (χ1) is 9.70. The molecular weight excluding hydrogens is 322 g/mol. The highest BCUT2D eigenvalue weighted by Crippen LogP contribution is 2.27. The van der Waals surface area contributed by atoms with E-state index < -0.39 is 32.2 Å². The molecule has 0 saturated heterocycles. The zero-order valence-corrected chi connectivity index (χ0v) is 12.4. The molecule has 0 spiro atoms. The van der Waals surface area contributed by atoms with E-state index in [4.69, 9.17) is 17.3 Å². The minimum absolute atomic E-state index is 0.0426. The third kappa shape index (κ3) is 3.25. The van der Waals surface area contributed by atoms with Gasteiger partial charge in [0.15, 0.2) is 5.82 Å². The molecular formula is C13H11ClF2N2O2S. The van der Waals surface area contributed by atoms with Gasteiger partial charge in [-0.15, -0.1) is 0 Å². The maximum absolute atomic E-state index is 13.9. The molecule has 8 heteroatoms. The van der Waals surface area contributed by atoms with Crippen molar-refractivity contribution in [3.8, 4) is 0 Å². The molecule has 3 N–H and O–H groups in total. The highest BCUT2D eigenvalue weighted by molar-refractivity contribution is 7.92. The van der Waals surface area contributed by atoms with E-state index in [1.54, 1.807) is 6.92 Å². The maximum atomic E-state index is 13.9. The van der Waals surface area contributed by atoms with Gasteiger partial charge in [-0.25, -0.2) is 17.2 Å². The number of rotatable bonds is 3. The Hall–Kier alpha value is -1.86. The first kappa shape index (κ1) is 15.5. The Morgan fingerprint density at radius 3 is 2.52 bits per heavy atom. The van der Waals surface area contributed by atoms with Crippen LogP contribution in [0.5, 0.6) is 0 Å². The Labute approximate surface area is 125 Å². The molecule has 0 saturated carbocycles. The van der Waals surface area contributed by atoms with Crippen LogP contribution in [0.4, 0.5) is 20.2 Å². The van der Waals surface area contributed by atoms with Gasteiger partial charge in [0.1, 0.15) is 10.7 Å². The Kier molecular flexibility index (Phi) is 4.06. The molecule has 0 amide bonds. The zero-order chi connectivity index (χ0) is 15.8. The van der Waals surface area contributed by atoms with Gasteiger partial charge in [-0.2, -0.15) is 0 Å². The van der Waals surface area contributed by atoms with E-state index >= 15 is 0 Å². The third-order valence-corrected chi connectivity index (χ3v) is 4.27. The van der Waals surface area contributed by atoms with Gasteiger partial charge in [-0.05, 0) is 36.8 Å². The minimum atomic E-state index is -4.36. The highest BCUT2D eigenvalue weighted by Gasteiger charge is 2.23. The van der Waals surface area contributed by atoms with Gasteiger partial charge < -0.3 is 5.73 Å². The maximum Gasteiger partial charge on any atom is 0.265 e. The van der Waals surface area contributed by atoms with Crippen molar-refractivity contribution in [1.82, 2.24) is 0 Å². The molecule has 0 aliphatic rings. The highest BCUT2D eigenvalue weighted by atomic mass is 35.5. The number of hydrogen-bond acceptors (Lipinski definition) is 3. The van der Waals surface area contributed by atoms with Gasteiger partial charge in [0.25, 0.3) is 10.0 Å². The van der Waals surface area contributed by atoms with Crippen LogP contribution in [0, 0.1) is 18.6 Å². The molecule has 21 heavy (non-hydrogen) atoms. The summed E-state index contributed by atoms with van der Waals surface area (Å²) in [6.45, 7) is 1.66. The average Bonchev–Trinajstić information content (AvgIpc) is 2.37. The van der Waals surface area contributed by atoms with Crippen LogP contribution in [0.2, 0.25) is 5.02 Å². The van der Waals surface area contributed by atoms with Crippen molar-refractivity contribution in [2.24, 2.45) is 0 Å². The van der Waals surface area contributed by atoms with E-state index in [0.29, 0.717) is 5.56 Å². The summed E-state index contributed by atoms with van der Waals surface area (Å²) in [5.41, 5.74) is 5.28. The lowest BCUT2D eigenvalue weighted by Gasteiger charge is -2.11. The van der Waals surface area contributed by atoms with Gasteiger partial charge >= 0.3 is 0 Å². The van der Waals surface area contributed by atoms with Crippen LogP contribution in [0.3, 0.4) is 0 Å². The Bertz CT molecular complexity index is 810. The van der Waals surface area contributed by atoms with Crippen LogP contribution >= 0.6 is 11.6 Å². The first-order valence-electron chi connectivity index (χ1n) is 5.74. The number of aryl methyl sites for hydroxylation is 1. The van der Waals surface area contributed by atoms with Gasteiger partial charge in [-0.3, -0.25) is 4.72 Å². The van der Waals surface area contributed by atoms with E-state index in [9.17, 15) is 17.2 Å². The number of benzene rings is 2. The fourth-order valence-corrected chi connectivity index (χ4v) is 3.18. The normalized spacial score (nSPS) is 11.4. The molecule has 2 aromatic carbocycles. The molecule has 2 rings (SSSR count). The fraction of sp³-hybridized carbons (Fsp3) is 0.0769. The van der Waals surface area contributed by atoms with Gasteiger partial charge in [0, 0.05) is 5.02 Å². The number of nitrogens with two attached hydrogens (primary N) is 1. The van der Waals surface area contributed by atoms with E-state index in [1.807, 2.05) is 4.72 Å².